The number of nitrogens with two attached hydrogens (primary N) is 1. The van der Waals surface area contributed by atoms with Crippen LogP contribution in [0, 0.1) is 15.3 Å². The van der Waals surface area contributed by atoms with Crippen LogP contribution >= 0.6 is 22.6 Å². The molecular weight excluding hydrogens is 320 g/mol. The average molecular weight is 337 g/mol. The Morgan fingerprint density at radius 2 is 2.12 bits per heavy atom. The summed E-state index contributed by atoms with van der Waals surface area (Å²) in [4.78, 5) is 0. The number of hydrogen-bond donors (Lipinski definition) is 1. The van der Waals surface area contributed by atoms with Gasteiger partial charge in [0.2, 0.25) is 0 Å². The molecule has 0 saturated carbocycles. The van der Waals surface area contributed by atoms with E-state index >= 15 is 0 Å². The molecule has 0 fully saturated rings. The Morgan fingerprint density at radius 1 is 1.44 bits per heavy atom. The topological polar surface area (TPSA) is 35.2 Å². The molecule has 0 saturated heterocycles. The van der Waals surface area contributed by atoms with Crippen molar-refractivity contribution in [3.05, 3.63) is 21.5 Å². The van der Waals surface area contributed by atoms with Gasteiger partial charge in [0.25, 0.3) is 0 Å². The van der Waals surface area contributed by atoms with Gasteiger partial charge in [-0.2, -0.15) is 0 Å². The van der Waals surface area contributed by atoms with Crippen LogP contribution < -0.4 is 10.5 Å². The molecule has 1 aromatic rings. The predicted octanol–water partition coefficient (Wildman–Crippen LogP) is 3.83. The van der Waals surface area contributed by atoms with E-state index in [0.29, 0.717) is 27.5 Å². The molecule has 2 nitrogen and oxygen atoms in total. The number of anilines is 1. The summed E-state index contributed by atoms with van der Waals surface area (Å²) in [5, 5.41) is 0. The highest BCUT2D eigenvalue weighted by atomic mass is 127. The maximum atomic E-state index is 13.3. The zero-order valence-corrected chi connectivity index (χ0v) is 11.8. The maximum absolute atomic E-state index is 13.3. The highest BCUT2D eigenvalue weighted by Crippen LogP contribution is 2.26. The molecule has 1 rings (SSSR count). The first kappa shape index (κ1) is 13.5. The highest BCUT2D eigenvalue weighted by molar-refractivity contribution is 14.1. The van der Waals surface area contributed by atoms with Gasteiger partial charge in [-0.25, -0.2) is 4.39 Å². The van der Waals surface area contributed by atoms with Crippen molar-refractivity contribution < 1.29 is 9.13 Å². The zero-order chi connectivity index (χ0) is 12.1. The molecule has 0 aliphatic rings. The molecule has 0 aliphatic heterocycles. The number of nitrogen functional groups attached to an aromatic ring is 1. The van der Waals surface area contributed by atoms with Gasteiger partial charge in [0, 0.05) is 6.07 Å². The maximum Gasteiger partial charge on any atom is 0.145 e. The minimum absolute atomic E-state index is 0.284. The average Bonchev–Trinajstić information content (AvgIpc) is 2.19. The van der Waals surface area contributed by atoms with Crippen molar-refractivity contribution in [2.75, 3.05) is 12.3 Å². The van der Waals surface area contributed by atoms with E-state index in [-0.39, 0.29) is 5.82 Å². The molecule has 16 heavy (non-hydrogen) atoms. The van der Waals surface area contributed by atoms with Gasteiger partial charge < -0.3 is 10.5 Å². The third-order valence-electron chi connectivity index (χ3n) is 2.24. The SMILES string of the molecule is CC(C)CCCOc1cc(F)c(I)cc1N. The van der Waals surface area contributed by atoms with Crippen LogP contribution in [-0.2, 0) is 0 Å². The highest BCUT2D eigenvalue weighted by Gasteiger charge is 2.06. The predicted molar refractivity (Wildman–Crippen MR) is 73.1 cm³/mol. The summed E-state index contributed by atoms with van der Waals surface area (Å²) in [5.74, 6) is 0.824. The van der Waals surface area contributed by atoms with Crippen LogP contribution in [0.5, 0.6) is 5.75 Å². The van der Waals surface area contributed by atoms with Crippen molar-refractivity contribution in [2.45, 2.75) is 26.7 Å². The Labute approximate surface area is 110 Å². The summed E-state index contributed by atoms with van der Waals surface area (Å²) in [5.41, 5.74) is 6.23. The largest absolute Gasteiger partial charge is 0.491 e. The fraction of sp³-hybridized carbons (Fsp3) is 0.500. The van der Waals surface area contributed by atoms with Crippen LogP contribution in [0.25, 0.3) is 0 Å². The van der Waals surface area contributed by atoms with Crippen molar-refractivity contribution in [3.8, 4) is 5.75 Å². The van der Waals surface area contributed by atoms with Crippen LogP contribution in [0.3, 0.4) is 0 Å². The van der Waals surface area contributed by atoms with E-state index in [4.69, 9.17) is 10.5 Å². The molecule has 0 aromatic heterocycles. The number of benzene rings is 1. The first-order chi connectivity index (χ1) is 7.50. The first-order valence-electron chi connectivity index (χ1n) is 5.38. The molecule has 0 amide bonds. The smallest absolute Gasteiger partial charge is 0.145 e. The Hall–Kier alpha value is -0.520. The number of halogens is 2. The van der Waals surface area contributed by atoms with Crippen LogP contribution in [0.15, 0.2) is 12.1 Å². The Balaban J connectivity index is 2.51. The monoisotopic (exact) mass is 337 g/mol. The van der Waals surface area contributed by atoms with Crippen molar-refractivity contribution in [1.29, 1.82) is 0 Å². The van der Waals surface area contributed by atoms with Gasteiger partial charge in [-0.3, -0.25) is 0 Å². The van der Waals surface area contributed by atoms with Crippen LogP contribution in [-0.4, -0.2) is 6.61 Å². The van der Waals surface area contributed by atoms with Gasteiger partial charge in [-0.15, -0.1) is 0 Å². The Bertz CT molecular complexity index is 355. The minimum Gasteiger partial charge on any atom is -0.491 e. The summed E-state index contributed by atoms with van der Waals surface area (Å²) in [6.07, 6.45) is 2.07. The molecule has 0 spiro atoms. The molecule has 0 aliphatic carbocycles. The molecule has 0 atom stereocenters. The summed E-state index contributed by atoms with van der Waals surface area (Å²) >= 11 is 1.91. The van der Waals surface area contributed by atoms with Gasteiger partial charge in [0.15, 0.2) is 0 Å². The van der Waals surface area contributed by atoms with E-state index in [1.54, 1.807) is 6.07 Å². The Morgan fingerprint density at radius 3 is 2.75 bits per heavy atom. The van der Waals surface area contributed by atoms with Crippen molar-refractivity contribution >= 4 is 28.3 Å². The lowest BCUT2D eigenvalue weighted by atomic mass is 10.1. The van der Waals surface area contributed by atoms with Crippen LogP contribution in [0.2, 0.25) is 0 Å². The fourth-order valence-corrected chi connectivity index (χ4v) is 1.83. The summed E-state index contributed by atoms with van der Waals surface area (Å²) in [6.45, 7) is 4.92. The molecular formula is C12H17FINO. The minimum atomic E-state index is -0.284. The van der Waals surface area contributed by atoms with E-state index in [9.17, 15) is 4.39 Å². The molecule has 90 valence electrons. The quantitative estimate of drug-likeness (QED) is 0.504. The lowest BCUT2D eigenvalue weighted by Crippen LogP contribution is -2.03. The second kappa shape index (κ2) is 6.27. The molecule has 1 aromatic carbocycles. The first-order valence-corrected chi connectivity index (χ1v) is 6.46. The third-order valence-corrected chi connectivity index (χ3v) is 3.06. The van der Waals surface area contributed by atoms with Gasteiger partial charge in [0.05, 0.1) is 15.9 Å². The number of hydrogen-bond acceptors (Lipinski definition) is 2. The summed E-state index contributed by atoms with van der Waals surface area (Å²) in [6, 6.07) is 2.94. The van der Waals surface area contributed by atoms with E-state index in [1.165, 1.54) is 6.07 Å². The summed E-state index contributed by atoms with van der Waals surface area (Å²) < 4.78 is 19.2. The molecule has 0 unspecified atom stereocenters. The zero-order valence-electron chi connectivity index (χ0n) is 9.59. The van der Waals surface area contributed by atoms with Crippen molar-refractivity contribution in [1.82, 2.24) is 0 Å². The standard InChI is InChI=1S/C12H17FINO/c1-8(2)4-3-5-16-12-6-9(13)10(14)7-11(12)15/h6-8H,3-5,15H2,1-2H3. The van der Waals surface area contributed by atoms with Crippen molar-refractivity contribution in [2.24, 2.45) is 5.92 Å². The molecule has 2 N–H and O–H groups in total. The fourth-order valence-electron chi connectivity index (χ4n) is 1.34. The molecule has 0 radical (unpaired) electrons. The molecule has 0 bridgehead atoms. The van der Waals surface area contributed by atoms with Crippen LogP contribution in [0.1, 0.15) is 26.7 Å². The van der Waals surface area contributed by atoms with E-state index in [2.05, 4.69) is 13.8 Å². The molecule has 0 heterocycles. The van der Waals surface area contributed by atoms with Gasteiger partial charge in [-0.1, -0.05) is 13.8 Å². The number of rotatable bonds is 5. The lowest BCUT2D eigenvalue weighted by molar-refractivity contribution is 0.298. The van der Waals surface area contributed by atoms with Crippen molar-refractivity contribution in [3.63, 3.8) is 0 Å². The van der Waals surface area contributed by atoms with Gasteiger partial charge in [0.1, 0.15) is 11.6 Å². The van der Waals surface area contributed by atoms with E-state index < -0.39 is 0 Å². The van der Waals surface area contributed by atoms with E-state index in [0.717, 1.165) is 12.8 Å². The summed E-state index contributed by atoms with van der Waals surface area (Å²) in [7, 11) is 0. The third kappa shape index (κ3) is 4.15. The van der Waals surface area contributed by atoms with Crippen LogP contribution in [0.4, 0.5) is 10.1 Å². The second-order valence-corrected chi connectivity index (χ2v) is 5.35. The Kier molecular flexibility index (Phi) is 5.31. The number of ether oxygens (including phenoxy) is 1. The van der Waals surface area contributed by atoms with Gasteiger partial charge >= 0.3 is 0 Å². The lowest BCUT2D eigenvalue weighted by Gasteiger charge is -2.10. The van der Waals surface area contributed by atoms with E-state index in [1.807, 2.05) is 22.6 Å². The normalized spacial score (nSPS) is 10.8. The second-order valence-electron chi connectivity index (χ2n) is 4.19. The molecule has 4 heteroatoms. The van der Waals surface area contributed by atoms with Gasteiger partial charge in [-0.05, 0) is 47.4 Å².